The molecule has 0 atom stereocenters. The lowest BCUT2D eigenvalue weighted by molar-refractivity contribution is 0.313. The summed E-state index contributed by atoms with van der Waals surface area (Å²) in [5.74, 6) is 0.634. The number of piperazine rings is 1. The van der Waals surface area contributed by atoms with Crippen LogP contribution in [0.1, 0.15) is 5.56 Å². The molecule has 0 aliphatic carbocycles. The van der Waals surface area contributed by atoms with Crippen molar-refractivity contribution in [2.45, 2.75) is 6.92 Å². The normalized spacial score (nSPS) is 15.9. The lowest BCUT2D eigenvalue weighted by Crippen LogP contribution is -2.44. The Morgan fingerprint density at radius 2 is 1.88 bits per heavy atom. The van der Waals surface area contributed by atoms with E-state index in [1.807, 2.05) is 12.1 Å². The average molecular weight is 337 g/mol. The number of imidazole rings is 1. The predicted octanol–water partition coefficient (Wildman–Crippen LogP) is 1.99. The van der Waals surface area contributed by atoms with Gasteiger partial charge in [0.15, 0.2) is 0 Å². The summed E-state index contributed by atoms with van der Waals surface area (Å²) < 4.78 is 1.57. The van der Waals surface area contributed by atoms with E-state index < -0.39 is 0 Å². The molecule has 0 radical (unpaired) electrons. The van der Waals surface area contributed by atoms with Crippen LogP contribution in [-0.2, 0) is 7.05 Å². The molecule has 1 N–H and O–H groups in total. The third-order valence-electron chi connectivity index (χ3n) is 5.01. The third-order valence-corrected chi connectivity index (χ3v) is 5.01. The second kappa shape index (κ2) is 6.04. The number of H-pyrrole nitrogens is 1. The van der Waals surface area contributed by atoms with Gasteiger partial charge in [-0.15, -0.1) is 0 Å². The molecule has 3 aromatic rings. The molecule has 3 heterocycles. The van der Waals surface area contributed by atoms with Crippen LogP contribution in [0.4, 0.5) is 5.69 Å². The number of benzene rings is 1. The monoisotopic (exact) mass is 337 g/mol. The van der Waals surface area contributed by atoms with Crippen LogP contribution >= 0.6 is 0 Å². The van der Waals surface area contributed by atoms with Gasteiger partial charge in [0.05, 0.1) is 16.6 Å². The lowest BCUT2D eigenvalue weighted by Gasteiger charge is -2.34. The molecule has 0 amide bonds. The molecule has 1 aromatic carbocycles. The van der Waals surface area contributed by atoms with Crippen molar-refractivity contribution in [3.05, 3.63) is 46.4 Å². The van der Waals surface area contributed by atoms with Gasteiger partial charge < -0.3 is 19.4 Å². The van der Waals surface area contributed by atoms with Crippen LogP contribution in [0.5, 0.6) is 0 Å². The number of aromatic nitrogens is 3. The number of pyridine rings is 1. The highest BCUT2D eigenvalue weighted by Gasteiger charge is 2.17. The zero-order chi connectivity index (χ0) is 17.6. The largest absolute Gasteiger partial charge is 0.369 e. The predicted molar refractivity (Wildman–Crippen MR) is 101 cm³/mol. The molecule has 1 aliphatic rings. The van der Waals surface area contributed by atoms with Crippen LogP contribution in [0.3, 0.4) is 0 Å². The van der Waals surface area contributed by atoms with Gasteiger partial charge in [0.2, 0.25) is 0 Å². The molecule has 6 nitrogen and oxygen atoms in total. The Balaban J connectivity index is 1.77. The third kappa shape index (κ3) is 2.82. The molecule has 0 bridgehead atoms. The number of anilines is 1. The van der Waals surface area contributed by atoms with Crippen molar-refractivity contribution >= 4 is 16.7 Å². The van der Waals surface area contributed by atoms with Gasteiger partial charge in [-0.3, -0.25) is 4.79 Å². The zero-order valence-electron chi connectivity index (χ0n) is 14.9. The Morgan fingerprint density at radius 1 is 1.12 bits per heavy atom. The number of aromatic amines is 1. The summed E-state index contributed by atoms with van der Waals surface area (Å²) in [6, 6.07) is 8.03. The van der Waals surface area contributed by atoms with Crippen molar-refractivity contribution in [3.8, 4) is 11.4 Å². The Bertz CT molecular complexity index is 979. The summed E-state index contributed by atoms with van der Waals surface area (Å²) in [6.07, 6.45) is 1.76. The Morgan fingerprint density at radius 3 is 2.64 bits per heavy atom. The average Bonchev–Trinajstić information content (AvgIpc) is 3.02. The number of likely N-dealkylation sites (N-methyl/N-ethyl adjacent to an activating group) is 1. The van der Waals surface area contributed by atoms with E-state index in [9.17, 15) is 4.79 Å². The molecule has 1 saturated heterocycles. The maximum atomic E-state index is 12.4. The van der Waals surface area contributed by atoms with E-state index in [2.05, 4.69) is 45.9 Å². The van der Waals surface area contributed by atoms with Gasteiger partial charge in [-0.1, -0.05) is 0 Å². The first-order valence-electron chi connectivity index (χ1n) is 8.63. The minimum absolute atomic E-state index is 0.0431. The SMILES string of the molecule is Cc1cc(N2CCN(C)CC2)cc2[nH]c(-c3cccn(C)c3=O)nc12. The molecule has 2 aromatic heterocycles. The summed E-state index contributed by atoms with van der Waals surface area (Å²) in [5, 5.41) is 0. The number of nitrogens with one attached hydrogen (secondary N) is 1. The first kappa shape index (κ1) is 15.9. The summed E-state index contributed by atoms with van der Waals surface area (Å²) in [4.78, 5) is 25.2. The fraction of sp³-hybridized carbons (Fsp3) is 0.368. The fourth-order valence-electron chi connectivity index (χ4n) is 3.42. The van der Waals surface area contributed by atoms with Crippen LogP contribution in [0.25, 0.3) is 22.4 Å². The number of hydrogen-bond donors (Lipinski definition) is 1. The van der Waals surface area contributed by atoms with Gasteiger partial charge >= 0.3 is 0 Å². The fourth-order valence-corrected chi connectivity index (χ4v) is 3.42. The first-order chi connectivity index (χ1) is 12.0. The highest BCUT2D eigenvalue weighted by atomic mass is 16.1. The van der Waals surface area contributed by atoms with Gasteiger partial charge in [-0.2, -0.15) is 0 Å². The van der Waals surface area contributed by atoms with Gasteiger partial charge in [0.1, 0.15) is 5.82 Å². The highest BCUT2D eigenvalue weighted by molar-refractivity contribution is 5.85. The number of aryl methyl sites for hydroxylation is 2. The Labute approximate surface area is 146 Å². The smallest absolute Gasteiger partial charge is 0.261 e. The minimum atomic E-state index is -0.0431. The summed E-state index contributed by atoms with van der Waals surface area (Å²) in [6.45, 7) is 6.29. The molecule has 1 fully saturated rings. The maximum Gasteiger partial charge on any atom is 0.261 e. The van der Waals surface area contributed by atoms with E-state index in [4.69, 9.17) is 0 Å². The van der Waals surface area contributed by atoms with Gasteiger partial charge in [-0.05, 0) is 43.8 Å². The van der Waals surface area contributed by atoms with E-state index in [1.165, 1.54) is 5.69 Å². The quantitative estimate of drug-likeness (QED) is 0.777. The van der Waals surface area contributed by atoms with Crippen LogP contribution < -0.4 is 10.5 Å². The van der Waals surface area contributed by atoms with Gasteiger partial charge in [0.25, 0.3) is 5.56 Å². The Hall–Kier alpha value is -2.60. The highest BCUT2D eigenvalue weighted by Crippen LogP contribution is 2.27. The summed E-state index contributed by atoms with van der Waals surface area (Å²) in [7, 11) is 3.92. The van der Waals surface area contributed by atoms with Crippen molar-refractivity contribution in [1.82, 2.24) is 19.4 Å². The van der Waals surface area contributed by atoms with Crippen LogP contribution in [0, 0.1) is 6.92 Å². The number of nitrogens with zero attached hydrogens (tertiary/aromatic N) is 4. The Kier molecular flexibility index (Phi) is 3.84. The minimum Gasteiger partial charge on any atom is -0.369 e. The van der Waals surface area contributed by atoms with Crippen molar-refractivity contribution in [2.75, 3.05) is 38.1 Å². The molecule has 25 heavy (non-hydrogen) atoms. The number of rotatable bonds is 2. The van der Waals surface area contributed by atoms with Crippen molar-refractivity contribution in [2.24, 2.45) is 7.05 Å². The molecule has 0 saturated carbocycles. The molecular formula is C19H23N5O. The van der Waals surface area contributed by atoms with Gasteiger partial charge in [0, 0.05) is 45.1 Å². The second-order valence-corrected chi connectivity index (χ2v) is 6.87. The molecule has 0 unspecified atom stereocenters. The zero-order valence-corrected chi connectivity index (χ0v) is 14.9. The van der Waals surface area contributed by atoms with Crippen molar-refractivity contribution in [1.29, 1.82) is 0 Å². The van der Waals surface area contributed by atoms with Crippen LogP contribution in [-0.4, -0.2) is 52.7 Å². The van der Waals surface area contributed by atoms with Crippen molar-refractivity contribution < 1.29 is 0 Å². The summed E-state index contributed by atoms with van der Waals surface area (Å²) in [5.41, 5.74) is 4.81. The number of fused-ring (bicyclic) bond motifs is 1. The second-order valence-electron chi connectivity index (χ2n) is 6.87. The summed E-state index contributed by atoms with van der Waals surface area (Å²) >= 11 is 0. The molecular weight excluding hydrogens is 314 g/mol. The number of hydrogen-bond acceptors (Lipinski definition) is 4. The lowest BCUT2D eigenvalue weighted by atomic mass is 10.1. The molecule has 0 spiro atoms. The van der Waals surface area contributed by atoms with Crippen LogP contribution in [0.2, 0.25) is 0 Å². The van der Waals surface area contributed by atoms with E-state index in [1.54, 1.807) is 17.8 Å². The molecule has 1 aliphatic heterocycles. The first-order valence-corrected chi connectivity index (χ1v) is 8.63. The van der Waals surface area contributed by atoms with Crippen molar-refractivity contribution in [3.63, 3.8) is 0 Å². The molecule has 130 valence electrons. The van der Waals surface area contributed by atoms with Gasteiger partial charge in [-0.25, -0.2) is 4.98 Å². The van der Waals surface area contributed by atoms with E-state index in [0.29, 0.717) is 11.4 Å². The van der Waals surface area contributed by atoms with E-state index in [-0.39, 0.29) is 5.56 Å². The topological polar surface area (TPSA) is 57.2 Å². The molecule has 4 rings (SSSR count). The maximum absolute atomic E-state index is 12.4. The van der Waals surface area contributed by atoms with E-state index >= 15 is 0 Å². The van der Waals surface area contributed by atoms with E-state index in [0.717, 1.165) is 42.8 Å². The standard InChI is InChI=1S/C19H23N5O/c1-13-11-14(24-9-7-22(2)8-10-24)12-16-17(13)21-18(20-16)15-5-4-6-23(3)19(15)25/h4-6,11-12H,7-10H2,1-3H3,(H,20,21). The molecule has 6 heteroatoms. The van der Waals surface area contributed by atoms with Crippen LogP contribution in [0.15, 0.2) is 35.3 Å².